The number of rotatable bonds is 5. The maximum atomic E-state index is 12.3. The Balaban J connectivity index is 1.52. The SMILES string of the molecule is COc1ccc(-c2ccc(NC(=O)CC3CCN(C(C)=O)CC3)cc2)cc1. The molecule has 0 atom stereocenters. The van der Waals surface area contributed by atoms with Crippen molar-refractivity contribution in [1.82, 2.24) is 4.90 Å². The molecule has 0 spiro atoms. The van der Waals surface area contributed by atoms with Crippen molar-refractivity contribution >= 4 is 17.5 Å². The van der Waals surface area contributed by atoms with E-state index in [9.17, 15) is 9.59 Å². The third kappa shape index (κ3) is 5.09. The third-order valence-electron chi connectivity index (χ3n) is 5.13. The smallest absolute Gasteiger partial charge is 0.224 e. The molecule has 0 bridgehead atoms. The highest BCUT2D eigenvalue weighted by Crippen LogP contribution is 2.25. The number of likely N-dealkylation sites (tertiary alicyclic amines) is 1. The minimum absolute atomic E-state index is 0.0356. The van der Waals surface area contributed by atoms with Crippen LogP contribution in [0.5, 0.6) is 5.75 Å². The average Bonchev–Trinajstić information content (AvgIpc) is 2.69. The van der Waals surface area contributed by atoms with Gasteiger partial charge in [0.2, 0.25) is 11.8 Å². The predicted molar refractivity (Wildman–Crippen MR) is 107 cm³/mol. The summed E-state index contributed by atoms with van der Waals surface area (Å²) >= 11 is 0. The van der Waals surface area contributed by atoms with Crippen LogP contribution in [0.4, 0.5) is 5.69 Å². The topological polar surface area (TPSA) is 58.6 Å². The Bertz CT molecular complexity index is 776. The third-order valence-corrected chi connectivity index (χ3v) is 5.13. The fourth-order valence-electron chi connectivity index (χ4n) is 3.46. The van der Waals surface area contributed by atoms with Crippen LogP contribution in [-0.2, 0) is 9.59 Å². The fourth-order valence-corrected chi connectivity index (χ4v) is 3.46. The molecule has 2 amide bonds. The molecule has 0 aliphatic carbocycles. The molecule has 1 heterocycles. The first kappa shape index (κ1) is 19.0. The molecule has 0 saturated carbocycles. The van der Waals surface area contributed by atoms with Gasteiger partial charge in [-0.2, -0.15) is 0 Å². The molecule has 0 aromatic heterocycles. The standard InChI is InChI=1S/C22H26N2O3/c1-16(25)24-13-11-17(12-14-24)15-22(26)23-20-7-3-18(4-8-20)19-5-9-21(27-2)10-6-19/h3-10,17H,11-15H2,1-2H3,(H,23,26). The predicted octanol–water partition coefficient (Wildman–Crippen LogP) is 3.95. The van der Waals surface area contributed by atoms with Crippen molar-refractivity contribution in [2.45, 2.75) is 26.2 Å². The van der Waals surface area contributed by atoms with Crippen LogP contribution in [0.1, 0.15) is 26.2 Å². The molecule has 1 N–H and O–H groups in total. The van der Waals surface area contributed by atoms with E-state index in [2.05, 4.69) is 5.32 Å². The quantitative estimate of drug-likeness (QED) is 0.872. The molecule has 27 heavy (non-hydrogen) atoms. The summed E-state index contributed by atoms with van der Waals surface area (Å²) in [7, 11) is 1.65. The Morgan fingerprint density at radius 2 is 1.56 bits per heavy atom. The molecule has 142 valence electrons. The van der Waals surface area contributed by atoms with Crippen molar-refractivity contribution < 1.29 is 14.3 Å². The summed E-state index contributed by atoms with van der Waals surface area (Å²) in [6.07, 6.45) is 2.29. The maximum Gasteiger partial charge on any atom is 0.224 e. The summed E-state index contributed by atoms with van der Waals surface area (Å²) in [4.78, 5) is 25.5. The summed E-state index contributed by atoms with van der Waals surface area (Å²) in [5.74, 6) is 1.33. The molecular formula is C22H26N2O3. The van der Waals surface area contributed by atoms with Crippen LogP contribution in [0, 0.1) is 5.92 Å². The van der Waals surface area contributed by atoms with E-state index in [1.165, 1.54) is 0 Å². The van der Waals surface area contributed by atoms with Gasteiger partial charge in [-0.25, -0.2) is 0 Å². The van der Waals surface area contributed by atoms with Crippen LogP contribution in [-0.4, -0.2) is 36.9 Å². The van der Waals surface area contributed by atoms with Crippen molar-refractivity contribution in [1.29, 1.82) is 0 Å². The van der Waals surface area contributed by atoms with E-state index < -0.39 is 0 Å². The second kappa shape index (κ2) is 8.71. The van der Waals surface area contributed by atoms with Gasteiger partial charge in [-0.05, 0) is 54.2 Å². The molecule has 2 aromatic rings. The second-order valence-electron chi connectivity index (χ2n) is 7.01. The van der Waals surface area contributed by atoms with Gasteiger partial charge in [0, 0.05) is 32.1 Å². The summed E-state index contributed by atoms with van der Waals surface area (Å²) < 4.78 is 5.18. The van der Waals surface area contributed by atoms with Crippen molar-refractivity contribution in [3.63, 3.8) is 0 Å². The number of carbonyl (C=O) groups excluding carboxylic acids is 2. The lowest BCUT2D eigenvalue weighted by Gasteiger charge is -2.30. The first-order valence-corrected chi connectivity index (χ1v) is 9.35. The molecule has 2 aromatic carbocycles. The number of carbonyl (C=O) groups is 2. The molecule has 5 nitrogen and oxygen atoms in total. The number of hydrogen-bond acceptors (Lipinski definition) is 3. The number of anilines is 1. The second-order valence-corrected chi connectivity index (χ2v) is 7.01. The van der Waals surface area contributed by atoms with Gasteiger partial charge >= 0.3 is 0 Å². The molecule has 5 heteroatoms. The number of piperidine rings is 1. The van der Waals surface area contributed by atoms with Crippen LogP contribution in [0.25, 0.3) is 11.1 Å². The highest BCUT2D eigenvalue weighted by atomic mass is 16.5. The fraction of sp³-hybridized carbons (Fsp3) is 0.364. The van der Waals surface area contributed by atoms with Gasteiger partial charge in [0.25, 0.3) is 0 Å². The van der Waals surface area contributed by atoms with E-state index in [1.807, 2.05) is 53.4 Å². The molecular weight excluding hydrogens is 340 g/mol. The van der Waals surface area contributed by atoms with E-state index in [0.29, 0.717) is 12.3 Å². The molecule has 1 aliphatic rings. The van der Waals surface area contributed by atoms with E-state index >= 15 is 0 Å². The van der Waals surface area contributed by atoms with Crippen LogP contribution < -0.4 is 10.1 Å². The van der Waals surface area contributed by atoms with Crippen LogP contribution in [0.2, 0.25) is 0 Å². The lowest BCUT2D eigenvalue weighted by atomic mass is 9.93. The highest BCUT2D eigenvalue weighted by Gasteiger charge is 2.22. The molecule has 0 radical (unpaired) electrons. The van der Waals surface area contributed by atoms with Gasteiger partial charge in [-0.15, -0.1) is 0 Å². The molecule has 1 aliphatic heterocycles. The van der Waals surface area contributed by atoms with Crippen LogP contribution >= 0.6 is 0 Å². The van der Waals surface area contributed by atoms with E-state index in [-0.39, 0.29) is 11.8 Å². The number of nitrogens with one attached hydrogen (secondary N) is 1. The van der Waals surface area contributed by atoms with E-state index in [0.717, 1.165) is 48.5 Å². The number of methoxy groups -OCH3 is 1. The summed E-state index contributed by atoms with van der Waals surface area (Å²) in [5.41, 5.74) is 3.00. The first-order chi connectivity index (χ1) is 13.0. The van der Waals surface area contributed by atoms with Crippen molar-refractivity contribution in [2.24, 2.45) is 5.92 Å². The Labute approximate surface area is 160 Å². The molecule has 1 fully saturated rings. The van der Waals surface area contributed by atoms with Crippen molar-refractivity contribution in [2.75, 3.05) is 25.5 Å². The number of nitrogens with zero attached hydrogens (tertiary/aromatic N) is 1. The maximum absolute atomic E-state index is 12.3. The highest BCUT2D eigenvalue weighted by molar-refractivity contribution is 5.91. The number of hydrogen-bond donors (Lipinski definition) is 1. The summed E-state index contributed by atoms with van der Waals surface area (Å²) in [6.45, 7) is 3.11. The van der Waals surface area contributed by atoms with Gasteiger partial charge in [-0.1, -0.05) is 24.3 Å². The average molecular weight is 366 g/mol. The van der Waals surface area contributed by atoms with E-state index in [1.54, 1.807) is 14.0 Å². The normalized spacial score (nSPS) is 14.7. The molecule has 0 unspecified atom stereocenters. The van der Waals surface area contributed by atoms with Gasteiger partial charge in [0.1, 0.15) is 5.75 Å². The van der Waals surface area contributed by atoms with Crippen molar-refractivity contribution in [3.05, 3.63) is 48.5 Å². The molecule has 1 saturated heterocycles. The Morgan fingerprint density at radius 3 is 2.07 bits per heavy atom. The lowest BCUT2D eigenvalue weighted by Crippen LogP contribution is -2.37. The minimum atomic E-state index is 0.0356. The van der Waals surface area contributed by atoms with Crippen LogP contribution in [0.3, 0.4) is 0 Å². The number of ether oxygens (including phenoxy) is 1. The van der Waals surface area contributed by atoms with E-state index in [4.69, 9.17) is 4.74 Å². The number of amides is 2. The Kier molecular flexibility index (Phi) is 6.12. The summed E-state index contributed by atoms with van der Waals surface area (Å²) in [5, 5.41) is 2.98. The zero-order chi connectivity index (χ0) is 19.2. The zero-order valence-electron chi connectivity index (χ0n) is 15.9. The lowest BCUT2D eigenvalue weighted by molar-refractivity contribution is -0.130. The first-order valence-electron chi connectivity index (χ1n) is 9.35. The largest absolute Gasteiger partial charge is 0.497 e. The van der Waals surface area contributed by atoms with Gasteiger partial charge in [0.05, 0.1) is 7.11 Å². The minimum Gasteiger partial charge on any atom is -0.497 e. The Morgan fingerprint density at radius 1 is 1.00 bits per heavy atom. The van der Waals surface area contributed by atoms with Crippen LogP contribution in [0.15, 0.2) is 48.5 Å². The Hall–Kier alpha value is -2.82. The summed E-state index contributed by atoms with van der Waals surface area (Å²) in [6, 6.07) is 15.8. The number of benzene rings is 2. The van der Waals surface area contributed by atoms with Crippen molar-refractivity contribution in [3.8, 4) is 16.9 Å². The van der Waals surface area contributed by atoms with Gasteiger partial charge < -0.3 is 15.0 Å². The van der Waals surface area contributed by atoms with Gasteiger partial charge in [0.15, 0.2) is 0 Å². The van der Waals surface area contributed by atoms with Gasteiger partial charge in [-0.3, -0.25) is 9.59 Å². The zero-order valence-corrected chi connectivity index (χ0v) is 15.9. The molecule has 3 rings (SSSR count). The monoisotopic (exact) mass is 366 g/mol.